The zero-order chi connectivity index (χ0) is 17.8. The molecule has 0 bridgehead atoms. The highest BCUT2D eigenvalue weighted by atomic mass is 19.1. The summed E-state index contributed by atoms with van der Waals surface area (Å²) in [6, 6.07) is 5.91. The molecule has 1 saturated carbocycles. The van der Waals surface area contributed by atoms with E-state index >= 15 is 0 Å². The van der Waals surface area contributed by atoms with Gasteiger partial charge in [0, 0.05) is 12.2 Å². The van der Waals surface area contributed by atoms with Crippen molar-refractivity contribution in [2.75, 3.05) is 24.6 Å². The molecule has 2 atom stereocenters. The van der Waals surface area contributed by atoms with Crippen molar-refractivity contribution in [3.63, 3.8) is 0 Å². The maximum Gasteiger partial charge on any atom is 0.232 e. The summed E-state index contributed by atoms with van der Waals surface area (Å²) in [6.07, 6.45) is 2.77. The molecule has 0 amide bonds. The summed E-state index contributed by atoms with van der Waals surface area (Å²) in [5.74, 6) is 0.984. The number of aliphatic hydroxyl groups excluding tert-OH is 1. The minimum Gasteiger partial charge on any atom is -0.393 e. The fourth-order valence-corrected chi connectivity index (χ4v) is 3.16. The molecule has 1 aromatic carbocycles. The molecule has 0 aliphatic heterocycles. The van der Waals surface area contributed by atoms with E-state index in [0.29, 0.717) is 29.9 Å². The van der Waals surface area contributed by atoms with Crippen LogP contribution in [0.2, 0.25) is 0 Å². The number of aliphatic hydroxyl groups is 1. The molecule has 8 heteroatoms. The topological polar surface area (TPSA) is 100 Å². The summed E-state index contributed by atoms with van der Waals surface area (Å²) in [4.78, 5) is 14.7. The first-order chi connectivity index (χ1) is 12.0. The van der Waals surface area contributed by atoms with E-state index in [0.717, 1.165) is 25.8 Å². The number of hydrogen-bond donors (Lipinski definition) is 3. The number of halogens is 1. The van der Waals surface area contributed by atoms with Crippen molar-refractivity contribution in [3.8, 4) is 0 Å². The van der Waals surface area contributed by atoms with E-state index in [1.807, 2.05) is 7.05 Å². The van der Waals surface area contributed by atoms with Gasteiger partial charge in [-0.15, -0.1) is 0 Å². The van der Waals surface area contributed by atoms with Gasteiger partial charge in [0.05, 0.1) is 12.6 Å². The smallest absolute Gasteiger partial charge is 0.232 e. The zero-order valence-electron chi connectivity index (χ0n) is 14.2. The number of aromatic nitrogens is 3. The predicted molar refractivity (Wildman–Crippen MR) is 93.6 cm³/mol. The minimum atomic E-state index is -0.308. The van der Waals surface area contributed by atoms with Gasteiger partial charge in [0.2, 0.25) is 11.9 Å². The van der Waals surface area contributed by atoms with E-state index < -0.39 is 0 Å². The first-order valence-corrected chi connectivity index (χ1v) is 8.39. The fourth-order valence-electron chi connectivity index (χ4n) is 3.16. The highest BCUT2D eigenvalue weighted by Crippen LogP contribution is 2.26. The van der Waals surface area contributed by atoms with Crippen molar-refractivity contribution in [2.45, 2.75) is 31.9 Å². The number of nitrogens with zero attached hydrogens (tertiary/aromatic N) is 4. The van der Waals surface area contributed by atoms with Gasteiger partial charge in [-0.05, 0) is 50.1 Å². The molecule has 25 heavy (non-hydrogen) atoms. The Kier molecular flexibility index (Phi) is 5.40. The normalized spacial score (nSPS) is 20.2. The second kappa shape index (κ2) is 7.71. The standard InChI is InChI=1S/C17H23FN6O/c1-24(9-11-3-2-4-14(11)25)10-15-21-16(19)23-17(22-15)20-13-7-5-12(18)6-8-13/h5-8,11,14,25H,2-4,9-10H2,1H3,(H3,19,20,21,22,23). The van der Waals surface area contributed by atoms with Crippen LogP contribution in [-0.4, -0.2) is 44.7 Å². The van der Waals surface area contributed by atoms with Crippen molar-refractivity contribution in [3.05, 3.63) is 35.9 Å². The summed E-state index contributed by atoms with van der Waals surface area (Å²) in [6.45, 7) is 1.29. The number of anilines is 3. The summed E-state index contributed by atoms with van der Waals surface area (Å²) < 4.78 is 13.0. The summed E-state index contributed by atoms with van der Waals surface area (Å²) in [5.41, 5.74) is 6.44. The lowest BCUT2D eigenvalue weighted by Gasteiger charge is -2.22. The number of rotatable bonds is 6. The lowest BCUT2D eigenvalue weighted by Crippen LogP contribution is -2.30. The Labute approximate surface area is 146 Å². The van der Waals surface area contributed by atoms with Gasteiger partial charge in [-0.3, -0.25) is 4.90 Å². The van der Waals surface area contributed by atoms with Crippen LogP contribution >= 0.6 is 0 Å². The number of nitrogen functional groups attached to an aromatic ring is 1. The van der Waals surface area contributed by atoms with Gasteiger partial charge in [-0.1, -0.05) is 6.42 Å². The molecule has 4 N–H and O–H groups in total. The van der Waals surface area contributed by atoms with Crippen LogP contribution in [0.4, 0.5) is 22.0 Å². The van der Waals surface area contributed by atoms with Gasteiger partial charge in [-0.2, -0.15) is 15.0 Å². The van der Waals surface area contributed by atoms with Gasteiger partial charge in [-0.25, -0.2) is 4.39 Å². The molecule has 0 spiro atoms. The molecule has 7 nitrogen and oxygen atoms in total. The number of hydrogen-bond acceptors (Lipinski definition) is 7. The molecule has 1 aliphatic carbocycles. The number of nitrogens with one attached hydrogen (secondary N) is 1. The van der Waals surface area contributed by atoms with E-state index in [2.05, 4.69) is 25.2 Å². The highest BCUT2D eigenvalue weighted by Gasteiger charge is 2.26. The Morgan fingerprint density at radius 3 is 2.68 bits per heavy atom. The molecule has 2 aromatic rings. The Hall–Kier alpha value is -2.32. The maximum absolute atomic E-state index is 13.0. The third kappa shape index (κ3) is 4.83. The van der Waals surface area contributed by atoms with E-state index in [9.17, 15) is 9.50 Å². The van der Waals surface area contributed by atoms with Gasteiger partial charge in [0.25, 0.3) is 0 Å². The van der Waals surface area contributed by atoms with Crippen molar-refractivity contribution in [1.29, 1.82) is 0 Å². The third-order valence-corrected chi connectivity index (χ3v) is 4.38. The molecule has 1 heterocycles. The van der Waals surface area contributed by atoms with Crippen LogP contribution in [0.15, 0.2) is 24.3 Å². The Balaban J connectivity index is 1.65. The third-order valence-electron chi connectivity index (χ3n) is 4.38. The average Bonchev–Trinajstić information content (AvgIpc) is 2.94. The second-order valence-corrected chi connectivity index (χ2v) is 6.52. The molecule has 134 valence electrons. The van der Waals surface area contributed by atoms with Crippen molar-refractivity contribution in [1.82, 2.24) is 19.9 Å². The molecular formula is C17H23FN6O. The Morgan fingerprint density at radius 1 is 1.24 bits per heavy atom. The molecule has 1 aromatic heterocycles. The van der Waals surface area contributed by atoms with Crippen LogP contribution in [0.3, 0.4) is 0 Å². The monoisotopic (exact) mass is 346 g/mol. The van der Waals surface area contributed by atoms with E-state index in [1.54, 1.807) is 12.1 Å². The predicted octanol–water partition coefficient (Wildman–Crippen LogP) is 1.93. The van der Waals surface area contributed by atoms with Gasteiger partial charge in [0.15, 0.2) is 0 Å². The molecule has 1 aliphatic rings. The van der Waals surface area contributed by atoms with E-state index in [1.165, 1.54) is 12.1 Å². The second-order valence-electron chi connectivity index (χ2n) is 6.52. The van der Waals surface area contributed by atoms with E-state index in [4.69, 9.17) is 5.73 Å². The van der Waals surface area contributed by atoms with E-state index in [-0.39, 0.29) is 17.9 Å². The quantitative estimate of drug-likeness (QED) is 0.735. The van der Waals surface area contributed by atoms with Gasteiger partial charge < -0.3 is 16.2 Å². The van der Waals surface area contributed by atoms with Crippen molar-refractivity contribution in [2.24, 2.45) is 5.92 Å². The average molecular weight is 346 g/mol. The molecule has 3 rings (SSSR count). The van der Waals surface area contributed by atoms with Crippen LogP contribution in [-0.2, 0) is 6.54 Å². The maximum atomic E-state index is 13.0. The van der Waals surface area contributed by atoms with Crippen LogP contribution in [0.5, 0.6) is 0 Å². The first kappa shape index (κ1) is 17.5. The lowest BCUT2D eigenvalue weighted by molar-refractivity contribution is 0.107. The SMILES string of the molecule is CN(Cc1nc(N)nc(Nc2ccc(F)cc2)n1)CC1CCCC1O. The van der Waals surface area contributed by atoms with Crippen LogP contribution in [0.1, 0.15) is 25.1 Å². The van der Waals surface area contributed by atoms with Crippen LogP contribution in [0, 0.1) is 11.7 Å². The molecular weight excluding hydrogens is 323 g/mol. The molecule has 0 saturated heterocycles. The summed E-state index contributed by atoms with van der Waals surface area (Å²) in [5, 5.41) is 12.9. The lowest BCUT2D eigenvalue weighted by atomic mass is 10.1. The highest BCUT2D eigenvalue weighted by molar-refractivity contribution is 5.53. The van der Waals surface area contributed by atoms with Crippen LogP contribution < -0.4 is 11.1 Å². The van der Waals surface area contributed by atoms with Crippen LogP contribution in [0.25, 0.3) is 0 Å². The minimum absolute atomic E-state index is 0.129. The van der Waals surface area contributed by atoms with Gasteiger partial charge in [0.1, 0.15) is 11.6 Å². The summed E-state index contributed by atoms with van der Waals surface area (Å²) >= 11 is 0. The number of nitrogens with two attached hydrogens (primary N) is 1. The van der Waals surface area contributed by atoms with Crippen molar-refractivity contribution < 1.29 is 9.50 Å². The molecule has 2 unspecified atom stereocenters. The fraction of sp³-hybridized carbons (Fsp3) is 0.471. The summed E-state index contributed by atoms with van der Waals surface area (Å²) in [7, 11) is 1.97. The van der Waals surface area contributed by atoms with Gasteiger partial charge >= 0.3 is 0 Å². The van der Waals surface area contributed by atoms with Crippen molar-refractivity contribution >= 4 is 17.6 Å². The molecule has 1 fully saturated rings. The zero-order valence-corrected chi connectivity index (χ0v) is 14.2. The number of benzene rings is 1. The first-order valence-electron chi connectivity index (χ1n) is 8.39. The largest absolute Gasteiger partial charge is 0.393 e. The molecule has 0 radical (unpaired) electrons. The Bertz CT molecular complexity index is 711. The Morgan fingerprint density at radius 2 is 2.00 bits per heavy atom.